The van der Waals surface area contributed by atoms with Crippen molar-refractivity contribution in [2.24, 2.45) is 17.8 Å². The van der Waals surface area contributed by atoms with Crippen LogP contribution in [-0.4, -0.2) is 34.9 Å². The Labute approximate surface area is 118 Å². The van der Waals surface area contributed by atoms with E-state index in [2.05, 4.69) is 15.2 Å². The Morgan fingerprint density at radius 2 is 2.26 bits per heavy atom. The number of rotatable bonds is 5. The maximum atomic E-state index is 11.7. The monoisotopic (exact) mass is 279 g/mol. The number of fused-ring (bicyclic) bond motifs is 1. The molecule has 3 atom stereocenters. The molecule has 1 unspecified atom stereocenters. The molecule has 1 aromatic heterocycles. The van der Waals surface area contributed by atoms with E-state index in [0.717, 1.165) is 37.9 Å². The number of piperidine rings is 1. The van der Waals surface area contributed by atoms with Gasteiger partial charge < -0.3 is 5.32 Å². The molecule has 2 heterocycles. The number of likely N-dealkylation sites (tertiary alicyclic amines) is 1. The first-order valence-corrected chi connectivity index (χ1v) is 7.91. The van der Waals surface area contributed by atoms with E-state index in [9.17, 15) is 4.79 Å². The second kappa shape index (κ2) is 5.21. The third-order valence-corrected chi connectivity index (χ3v) is 4.92. The van der Waals surface area contributed by atoms with E-state index in [-0.39, 0.29) is 11.9 Å². The van der Waals surface area contributed by atoms with Gasteiger partial charge in [0.1, 0.15) is 5.01 Å². The molecule has 1 aromatic rings. The normalized spacial score (nSPS) is 29.5. The van der Waals surface area contributed by atoms with Crippen molar-refractivity contribution in [1.82, 2.24) is 15.2 Å². The number of thiazole rings is 1. The van der Waals surface area contributed by atoms with Crippen molar-refractivity contribution in [3.05, 3.63) is 16.6 Å². The van der Waals surface area contributed by atoms with Gasteiger partial charge >= 0.3 is 0 Å². The van der Waals surface area contributed by atoms with Crippen LogP contribution in [0.3, 0.4) is 0 Å². The first-order valence-electron chi connectivity index (χ1n) is 7.03. The van der Waals surface area contributed by atoms with E-state index >= 15 is 0 Å². The molecule has 0 bridgehead atoms. The highest BCUT2D eigenvalue weighted by molar-refractivity contribution is 7.09. The second-order valence-corrected chi connectivity index (χ2v) is 7.02. The molecular formula is C14H21N3OS. The number of carbonyl (C=O) groups excluding carboxylic acids is 1. The van der Waals surface area contributed by atoms with Gasteiger partial charge in [-0.1, -0.05) is 0 Å². The summed E-state index contributed by atoms with van der Waals surface area (Å²) in [5.41, 5.74) is 0. The van der Waals surface area contributed by atoms with Crippen LogP contribution < -0.4 is 5.32 Å². The van der Waals surface area contributed by atoms with Crippen molar-refractivity contribution in [1.29, 1.82) is 0 Å². The lowest BCUT2D eigenvalue weighted by Crippen LogP contribution is -2.31. The van der Waals surface area contributed by atoms with Crippen LogP contribution in [0.15, 0.2) is 11.6 Å². The van der Waals surface area contributed by atoms with Gasteiger partial charge in [-0.2, -0.15) is 0 Å². The number of hydrogen-bond acceptors (Lipinski definition) is 4. The number of nitrogens with one attached hydrogen (secondary N) is 1. The van der Waals surface area contributed by atoms with Crippen molar-refractivity contribution in [3.8, 4) is 0 Å². The van der Waals surface area contributed by atoms with E-state index in [1.807, 2.05) is 25.4 Å². The molecule has 3 rings (SSSR count). The molecule has 1 saturated carbocycles. The summed E-state index contributed by atoms with van der Waals surface area (Å²) in [5.74, 6) is 2.35. The molecular weight excluding hydrogens is 258 g/mol. The quantitative estimate of drug-likeness (QED) is 0.893. The van der Waals surface area contributed by atoms with Crippen LogP contribution in [0.4, 0.5) is 0 Å². The van der Waals surface area contributed by atoms with Crippen LogP contribution in [0.25, 0.3) is 0 Å². The number of nitrogens with zero attached hydrogens (tertiary/aromatic N) is 2. The van der Waals surface area contributed by atoms with Gasteiger partial charge in [0.25, 0.3) is 0 Å². The van der Waals surface area contributed by atoms with Gasteiger partial charge in [-0.05, 0) is 31.6 Å². The predicted octanol–water partition coefficient (Wildman–Crippen LogP) is 1.74. The van der Waals surface area contributed by atoms with Gasteiger partial charge in [-0.3, -0.25) is 9.69 Å². The van der Waals surface area contributed by atoms with Gasteiger partial charge in [0.15, 0.2) is 0 Å². The minimum Gasteiger partial charge on any atom is -0.354 e. The zero-order valence-electron chi connectivity index (χ0n) is 11.5. The topological polar surface area (TPSA) is 45.2 Å². The standard InChI is InChI=1S/C14H21N3OS/c1-9(2)16-13(18)5-10-11-6-17(7-12(10)11)8-14-15-3-4-19-14/h3-4,9-12H,5-8H2,1-2H3,(H,16,18)/t10?,11-,12+. The molecule has 1 saturated heterocycles. The van der Waals surface area contributed by atoms with E-state index < -0.39 is 0 Å². The molecule has 0 radical (unpaired) electrons. The minimum absolute atomic E-state index is 0.223. The highest BCUT2D eigenvalue weighted by atomic mass is 32.1. The van der Waals surface area contributed by atoms with Crippen molar-refractivity contribution < 1.29 is 4.79 Å². The molecule has 2 fully saturated rings. The van der Waals surface area contributed by atoms with E-state index in [1.165, 1.54) is 5.01 Å². The largest absolute Gasteiger partial charge is 0.354 e. The second-order valence-electron chi connectivity index (χ2n) is 6.04. The highest BCUT2D eigenvalue weighted by Crippen LogP contribution is 2.53. The Kier molecular flexibility index (Phi) is 3.58. The summed E-state index contributed by atoms with van der Waals surface area (Å²) in [7, 11) is 0. The lowest BCUT2D eigenvalue weighted by atomic mass is 10.2. The van der Waals surface area contributed by atoms with Gasteiger partial charge in [-0.25, -0.2) is 4.98 Å². The fourth-order valence-electron chi connectivity index (χ4n) is 3.29. The molecule has 0 spiro atoms. The number of carbonyl (C=O) groups is 1. The van der Waals surface area contributed by atoms with Crippen LogP contribution >= 0.6 is 11.3 Å². The Balaban J connectivity index is 1.42. The number of aromatic nitrogens is 1. The molecule has 1 N–H and O–H groups in total. The smallest absolute Gasteiger partial charge is 0.220 e. The summed E-state index contributed by atoms with van der Waals surface area (Å²) in [6.45, 7) is 7.30. The first-order chi connectivity index (χ1) is 9.13. The minimum atomic E-state index is 0.223. The van der Waals surface area contributed by atoms with E-state index in [4.69, 9.17) is 0 Å². The third-order valence-electron chi connectivity index (χ3n) is 4.16. The van der Waals surface area contributed by atoms with Crippen molar-refractivity contribution >= 4 is 17.2 Å². The summed E-state index contributed by atoms with van der Waals surface area (Å²) in [6, 6.07) is 0.257. The number of hydrogen-bond donors (Lipinski definition) is 1. The summed E-state index contributed by atoms with van der Waals surface area (Å²) >= 11 is 1.73. The fraction of sp³-hybridized carbons (Fsp3) is 0.714. The first kappa shape index (κ1) is 13.1. The molecule has 1 aliphatic carbocycles. The lowest BCUT2D eigenvalue weighted by molar-refractivity contribution is -0.122. The highest BCUT2D eigenvalue weighted by Gasteiger charge is 2.55. The predicted molar refractivity (Wildman–Crippen MR) is 75.8 cm³/mol. The van der Waals surface area contributed by atoms with Crippen LogP contribution in [0.5, 0.6) is 0 Å². The van der Waals surface area contributed by atoms with Gasteiger partial charge in [0, 0.05) is 37.1 Å². The summed E-state index contributed by atoms with van der Waals surface area (Å²) < 4.78 is 0. The Hall–Kier alpha value is -0.940. The van der Waals surface area contributed by atoms with Gasteiger partial charge in [0.05, 0.1) is 6.54 Å². The molecule has 2 aliphatic rings. The maximum Gasteiger partial charge on any atom is 0.220 e. The van der Waals surface area contributed by atoms with Crippen LogP contribution in [0.1, 0.15) is 25.3 Å². The van der Waals surface area contributed by atoms with Gasteiger partial charge in [-0.15, -0.1) is 11.3 Å². The van der Waals surface area contributed by atoms with Crippen molar-refractivity contribution in [3.63, 3.8) is 0 Å². The average Bonchev–Trinajstić information content (AvgIpc) is 2.76. The fourth-order valence-corrected chi connectivity index (χ4v) is 3.94. The summed E-state index contributed by atoms with van der Waals surface area (Å²) in [6.07, 6.45) is 2.59. The van der Waals surface area contributed by atoms with Crippen LogP contribution in [0.2, 0.25) is 0 Å². The Morgan fingerprint density at radius 1 is 1.53 bits per heavy atom. The maximum absolute atomic E-state index is 11.7. The van der Waals surface area contributed by atoms with Crippen molar-refractivity contribution in [2.75, 3.05) is 13.1 Å². The molecule has 1 aliphatic heterocycles. The van der Waals surface area contributed by atoms with Crippen LogP contribution in [-0.2, 0) is 11.3 Å². The van der Waals surface area contributed by atoms with E-state index in [0.29, 0.717) is 5.92 Å². The zero-order chi connectivity index (χ0) is 13.4. The van der Waals surface area contributed by atoms with Crippen LogP contribution in [0, 0.1) is 17.8 Å². The average molecular weight is 279 g/mol. The summed E-state index contributed by atoms with van der Waals surface area (Å²) in [4.78, 5) is 18.5. The Morgan fingerprint density at radius 3 is 2.84 bits per heavy atom. The molecule has 5 heteroatoms. The Bertz CT molecular complexity index is 434. The van der Waals surface area contributed by atoms with Crippen molar-refractivity contribution in [2.45, 2.75) is 32.9 Å². The lowest BCUT2D eigenvalue weighted by Gasteiger charge is -2.18. The summed E-state index contributed by atoms with van der Waals surface area (Å²) in [5, 5.41) is 6.23. The molecule has 104 valence electrons. The zero-order valence-corrected chi connectivity index (χ0v) is 12.3. The molecule has 19 heavy (non-hydrogen) atoms. The number of amides is 1. The molecule has 1 amide bonds. The molecule has 0 aromatic carbocycles. The molecule has 4 nitrogen and oxygen atoms in total. The van der Waals surface area contributed by atoms with Gasteiger partial charge in [0.2, 0.25) is 5.91 Å². The van der Waals surface area contributed by atoms with E-state index in [1.54, 1.807) is 11.3 Å². The third kappa shape index (κ3) is 2.98. The SMILES string of the molecule is CC(C)NC(=O)CC1[C@H]2CN(Cc3nccs3)C[C@@H]12.